The van der Waals surface area contributed by atoms with E-state index in [1.54, 1.807) is 12.1 Å². The number of nitrogens with two attached hydrogens (primary N) is 1. The van der Waals surface area contributed by atoms with Crippen LogP contribution < -0.4 is 5.73 Å². The summed E-state index contributed by atoms with van der Waals surface area (Å²) in [4.78, 5) is 0.705. The maximum Gasteiger partial charge on any atom is 0.140 e. The maximum atomic E-state index is 13.4. The van der Waals surface area contributed by atoms with Crippen molar-refractivity contribution in [1.29, 1.82) is 0 Å². The molecule has 108 valence electrons. The van der Waals surface area contributed by atoms with E-state index < -0.39 is 9.92 Å². The van der Waals surface area contributed by atoms with Gasteiger partial charge in [-0.1, -0.05) is 19.9 Å². The molecule has 1 unspecified atom stereocenters. The second-order valence-corrected chi connectivity index (χ2v) is 6.98. The zero-order chi connectivity index (χ0) is 14.5. The normalized spacial score (nSPS) is 14.6. The van der Waals surface area contributed by atoms with E-state index in [2.05, 4.69) is 11.3 Å². The Morgan fingerprint density at radius 1 is 1.37 bits per heavy atom. The van der Waals surface area contributed by atoms with Gasteiger partial charge in [-0.3, -0.25) is 0 Å². The standard InChI is InChI=1S/C14H25N3OS/c1-5-10-17(6-2)19(18,16-12(3)4)14-9-7-8-13(15)11-14/h7-9,11-12H,5-6,10,15H2,1-4H3. The topological polar surface area (TPSA) is 58.7 Å². The van der Waals surface area contributed by atoms with E-state index in [0.717, 1.165) is 13.0 Å². The second-order valence-electron chi connectivity index (χ2n) is 4.79. The summed E-state index contributed by atoms with van der Waals surface area (Å²) in [6.45, 7) is 9.46. The number of nitrogen functional groups attached to an aromatic ring is 1. The van der Waals surface area contributed by atoms with Crippen molar-refractivity contribution in [2.24, 2.45) is 4.36 Å². The number of hydrogen-bond donors (Lipinski definition) is 1. The third kappa shape index (κ3) is 3.94. The van der Waals surface area contributed by atoms with Gasteiger partial charge in [-0.25, -0.2) is 12.9 Å². The number of anilines is 1. The first-order valence-electron chi connectivity index (χ1n) is 6.81. The van der Waals surface area contributed by atoms with E-state index in [-0.39, 0.29) is 6.04 Å². The van der Waals surface area contributed by atoms with Gasteiger partial charge in [-0.05, 0) is 38.5 Å². The highest BCUT2D eigenvalue weighted by Gasteiger charge is 2.21. The fourth-order valence-electron chi connectivity index (χ4n) is 1.95. The number of benzene rings is 1. The highest BCUT2D eigenvalue weighted by molar-refractivity contribution is 7.91. The van der Waals surface area contributed by atoms with Crippen LogP contribution in [-0.2, 0) is 9.92 Å². The van der Waals surface area contributed by atoms with Crippen LogP contribution in [0.1, 0.15) is 34.1 Å². The molecule has 1 aromatic carbocycles. The van der Waals surface area contributed by atoms with Crippen LogP contribution >= 0.6 is 0 Å². The van der Waals surface area contributed by atoms with E-state index in [9.17, 15) is 4.21 Å². The summed E-state index contributed by atoms with van der Waals surface area (Å²) in [5, 5.41) is 0. The molecule has 19 heavy (non-hydrogen) atoms. The van der Waals surface area contributed by atoms with Gasteiger partial charge in [0.2, 0.25) is 0 Å². The molecule has 1 atom stereocenters. The summed E-state index contributed by atoms with van der Waals surface area (Å²) in [5.41, 5.74) is 6.44. The summed E-state index contributed by atoms with van der Waals surface area (Å²) < 4.78 is 19.8. The number of hydrogen-bond acceptors (Lipinski definition) is 3. The first-order valence-corrected chi connectivity index (χ1v) is 8.28. The van der Waals surface area contributed by atoms with Gasteiger partial charge in [0.1, 0.15) is 9.92 Å². The monoisotopic (exact) mass is 283 g/mol. The van der Waals surface area contributed by atoms with Crippen LogP contribution in [0.5, 0.6) is 0 Å². The fraction of sp³-hybridized carbons (Fsp3) is 0.571. The SMILES string of the molecule is CCCN(CC)S(=O)(=NC(C)C)c1cccc(N)c1. The van der Waals surface area contributed by atoms with Gasteiger partial charge in [0.05, 0.1) is 10.9 Å². The van der Waals surface area contributed by atoms with E-state index >= 15 is 0 Å². The molecule has 0 aromatic heterocycles. The van der Waals surface area contributed by atoms with Crippen molar-refractivity contribution < 1.29 is 4.21 Å². The molecule has 4 nitrogen and oxygen atoms in total. The largest absolute Gasteiger partial charge is 0.399 e. The minimum absolute atomic E-state index is 0.0137. The Balaban J connectivity index is 3.40. The lowest BCUT2D eigenvalue weighted by Crippen LogP contribution is -2.32. The van der Waals surface area contributed by atoms with Gasteiger partial charge in [-0.15, -0.1) is 0 Å². The molecule has 0 saturated heterocycles. The summed E-state index contributed by atoms with van der Waals surface area (Å²) in [5.74, 6) is 0. The Morgan fingerprint density at radius 2 is 2.05 bits per heavy atom. The van der Waals surface area contributed by atoms with E-state index in [1.807, 2.05) is 37.2 Å². The first kappa shape index (κ1) is 16.0. The van der Waals surface area contributed by atoms with Gasteiger partial charge >= 0.3 is 0 Å². The zero-order valence-corrected chi connectivity index (χ0v) is 13.1. The summed E-state index contributed by atoms with van der Waals surface area (Å²) >= 11 is 0. The molecule has 0 bridgehead atoms. The molecule has 1 aromatic rings. The molecule has 0 amide bonds. The third-order valence-corrected chi connectivity index (χ3v) is 5.41. The molecule has 0 fully saturated rings. The van der Waals surface area contributed by atoms with Gasteiger partial charge in [0.15, 0.2) is 0 Å². The van der Waals surface area contributed by atoms with Crippen molar-refractivity contribution >= 4 is 15.6 Å². The minimum atomic E-state index is -2.56. The highest BCUT2D eigenvalue weighted by Crippen LogP contribution is 2.22. The van der Waals surface area contributed by atoms with Crippen molar-refractivity contribution in [2.75, 3.05) is 18.8 Å². The molecule has 0 spiro atoms. The highest BCUT2D eigenvalue weighted by atomic mass is 32.2. The number of rotatable bonds is 6. The van der Waals surface area contributed by atoms with Gasteiger partial charge in [0, 0.05) is 18.8 Å². The second kappa shape index (κ2) is 6.91. The Bertz CT molecular complexity index is 519. The molecule has 5 heteroatoms. The average Bonchev–Trinajstić information content (AvgIpc) is 2.34. The predicted molar refractivity (Wildman–Crippen MR) is 82.4 cm³/mol. The molecule has 0 aliphatic carbocycles. The zero-order valence-electron chi connectivity index (χ0n) is 12.3. The molecule has 1 rings (SSSR count). The van der Waals surface area contributed by atoms with Crippen molar-refractivity contribution in [1.82, 2.24) is 4.31 Å². The third-order valence-electron chi connectivity index (χ3n) is 2.69. The van der Waals surface area contributed by atoms with Crippen molar-refractivity contribution in [3.05, 3.63) is 24.3 Å². The van der Waals surface area contributed by atoms with Crippen molar-refractivity contribution in [3.63, 3.8) is 0 Å². The average molecular weight is 283 g/mol. The number of nitrogens with zero attached hydrogens (tertiary/aromatic N) is 2. The van der Waals surface area contributed by atoms with E-state index in [1.165, 1.54) is 0 Å². The summed E-state index contributed by atoms with van der Waals surface area (Å²) in [6.07, 6.45) is 0.945. The molecule has 0 aliphatic rings. The molecule has 0 heterocycles. The van der Waals surface area contributed by atoms with Crippen LogP contribution in [-0.4, -0.2) is 27.6 Å². The van der Waals surface area contributed by atoms with E-state index in [4.69, 9.17) is 5.73 Å². The van der Waals surface area contributed by atoms with Gasteiger partial charge < -0.3 is 5.73 Å². The van der Waals surface area contributed by atoms with Crippen LogP contribution in [0, 0.1) is 0 Å². The molecular formula is C14H25N3OS. The minimum Gasteiger partial charge on any atom is -0.399 e. The molecule has 0 radical (unpaired) electrons. The van der Waals surface area contributed by atoms with Crippen LogP contribution in [0.25, 0.3) is 0 Å². The Kier molecular flexibility index (Phi) is 5.82. The molecule has 0 saturated carbocycles. The van der Waals surface area contributed by atoms with Crippen LogP contribution in [0.3, 0.4) is 0 Å². The summed E-state index contributed by atoms with van der Waals surface area (Å²) in [6, 6.07) is 7.27. The lowest BCUT2D eigenvalue weighted by Gasteiger charge is -2.25. The van der Waals surface area contributed by atoms with Gasteiger partial charge in [0.25, 0.3) is 0 Å². The van der Waals surface area contributed by atoms with E-state index in [0.29, 0.717) is 17.1 Å². The molecule has 2 N–H and O–H groups in total. The fourth-order valence-corrected chi connectivity index (χ4v) is 4.40. The predicted octanol–water partition coefficient (Wildman–Crippen LogP) is 3.15. The van der Waals surface area contributed by atoms with Gasteiger partial charge in [-0.2, -0.15) is 0 Å². The van der Waals surface area contributed by atoms with Crippen LogP contribution in [0.2, 0.25) is 0 Å². The quantitative estimate of drug-likeness (QED) is 0.815. The maximum absolute atomic E-state index is 13.4. The lowest BCUT2D eigenvalue weighted by molar-refractivity contribution is 0.455. The van der Waals surface area contributed by atoms with Crippen LogP contribution in [0.4, 0.5) is 5.69 Å². The van der Waals surface area contributed by atoms with Crippen LogP contribution in [0.15, 0.2) is 33.5 Å². The smallest absolute Gasteiger partial charge is 0.140 e. The molecule has 0 aliphatic heterocycles. The molecular weight excluding hydrogens is 258 g/mol. The first-order chi connectivity index (χ1) is 8.93. The summed E-state index contributed by atoms with van der Waals surface area (Å²) in [7, 11) is -2.56. The Morgan fingerprint density at radius 3 is 2.53 bits per heavy atom. The lowest BCUT2D eigenvalue weighted by atomic mass is 10.3. The van der Waals surface area contributed by atoms with Crippen molar-refractivity contribution in [3.8, 4) is 0 Å². The van der Waals surface area contributed by atoms with Crippen molar-refractivity contribution in [2.45, 2.75) is 45.1 Å². The Hall–Kier alpha value is -1.07. The Labute approximate surface area is 117 Å².